The number of rotatable bonds is 10. The van der Waals surface area contributed by atoms with E-state index < -0.39 is 12.8 Å². The minimum atomic E-state index is -4.47. The minimum Gasteiger partial charge on any atom is -0.481 e. The van der Waals surface area contributed by atoms with E-state index >= 15 is 0 Å². The van der Waals surface area contributed by atoms with E-state index in [9.17, 15) is 18.0 Å². The van der Waals surface area contributed by atoms with Gasteiger partial charge in [0.2, 0.25) is 17.7 Å². The van der Waals surface area contributed by atoms with Crippen molar-refractivity contribution in [3.8, 4) is 11.8 Å². The average Bonchev–Trinajstić information content (AvgIpc) is 3.16. The van der Waals surface area contributed by atoms with Crippen molar-refractivity contribution in [2.45, 2.75) is 25.6 Å². The fourth-order valence-corrected chi connectivity index (χ4v) is 2.95. The first-order valence-corrected chi connectivity index (χ1v) is 9.71. The van der Waals surface area contributed by atoms with Crippen LogP contribution in [0.25, 0.3) is 10.9 Å². The van der Waals surface area contributed by atoms with Crippen molar-refractivity contribution in [2.75, 3.05) is 26.9 Å². The van der Waals surface area contributed by atoms with Crippen LogP contribution in [0.1, 0.15) is 17.7 Å². The van der Waals surface area contributed by atoms with Crippen molar-refractivity contribution in [1.82, 2.24) is 25.1 Å². The summed E-state index contributed by atoms with van der Waals surface area (Å²) >= 11 is 0. The molecule has 0 fully saturated rings. The number of alkyl halides is 3. The third kappa shape index (κ3) is 6.30. The van der Waals surface area contributed by atoms with Crippen LogP contribution in [0, 0.1) is 0 Å². The summed E-state index contributed by atoms with van der Waals surface area (Å²) < 4.78 is 48.5. The molecule has 3 aromatic rings. The molecule has 0 radical (unpaired) electrons. The molecule has 0 aromatic carbocycles. The van der Waals surface area contributed by atoms with Crippen LogP contribution in [0.15, 0.2) is 30.6 Å². The van der Waals surface area contributed by atoms with Gasteiger partial charge in [0.05, 0.1) is 31.3 Å². The van der Waals surface area contributed by atoms with E-state index in [-0.39, 0.29) is 37.2 Å². The van der Waals surface area contributed by atoms with Crippen molar-refractivity contribution in [3.63, 3.8) is 0 Å². The highest BCUT2D eigenvalue weighted by atomic mass is 19.4. The summed E-state index contributed by atoms with van der Waals surface area (Å²) in [6, 6.07) is 4.59. The molecular weight excluding hydrogens is 431 g/mol. The largest absolute Gasteiger partial charge is 0.481 e. The fourth-order valence-electron chi connectivity index (χ4n) is 2.95. The monoisotopic (exact) mass is 453 g/mol. The lowest BCUT2D eigenvalue weighted by Crippen LogP contribution is -2.26. The molecule has 0 spiro atoms. The Morgan fingerprint density at radius 3 is 2.81 bits per heavy atom. The summed E-state index contributed by atoms with van der Waals surface area (Å²) in [7, 11) is 1.36. The number of nitrogens with one attached hydrogen (secondary N) is 1. The zero-order valence-electron chi connectivity index (χ0n) is 17.2. The Morgan fingerprint density at radius 2 is 2.09 bits per heavy atom. The number of fused-ring (bicyclic) bond motifs is 1. The van der Waals surface area contributed by atoms with Crippen molar-refractivity contribution in [2.24, 2.45) is 0 Å². The van der Waals surface area contributed by atoms with Gasteiger partial charge in [-0.1, -0.05) is 0 Å². The predicted octanol–water partition coefficient (Wildman–Crippen LogP) is 1.87. The average molecular weight is 453 g/mol. The standard InChI is InChI=1S/C20H22F3N5O4/c1-31-19-13(3-4-18(26-19)32-12-20(21,22)23)10-28-11-14-15(27-28)5-7-24-16(14)9-17(30)25-6-2-8-29/h3-5,7,11,29H,2,6,8-10,12H2,1H3,(H,25,30). The smallest absolute Gasteiger partial charge is 0.422 e. The second-order valence-electron chi connectivity index (χ2n) is 6.84. The molecule has 0 aliphatic heterocycles. The first kappa shape index (κ1) is 23.3. The lowest BCUT2D eigenvalue weighted by molar-refractivity contribution is -0.154. The molecule has 0 unspecified atom stereocenters. The van der Waals surface area contributed by atoms with Crippen molar-refractivity contribution in [1.29, 1.82) is 0 Å². The topological polar surface area (TPSA) is 111 Å². The summed E-state index contributed by atoms with van der Waals surface area (Å²) in [5.74, 6) is -0.301. The highest BCUT2D eigenvalue weighted by molar-refractivity contribution is 5.86. The first-order valence-electron chi connectivity index (χ1n) is 9.71. The van der Waals surface area contributed by atoms with E-state index in [1.807, 2.05) is 0 Å². The summed E-state index contributed by atoms with van der Waals surface area (Å²) in [4.78, 5) is 20.3. The molecule has 0 aliphatic carbocycles. The van der Waals surface area contributed by atoms with Crippen LogP contribution < -0.4 is 14.8 Å². The van der Waals surface area contributed by atoms with Crippen molar-refractivity contribution < 1.29 is 32.5 Å². The molecule has 0 saturated carbocycles. The molecule has 12 heteroatoms. The van der Waals surface area contributed by atoms with E-state index in [1.54, 1.807) is 29.2 Å². The van der Waals surface area contributed by atoms with Gasteiger partial charge in [0.25, 0.3) is 0 Å². The maximum atomic E-state index is 12.3. The Morgan fingerprint density at radius 1 is 1.28 bits per heavy atom. The number of methoxy groups -OCH3 is 1. The summed E-state index contributed by atoms with van der Waals surface area (Å²) in [5, 5.41) is 16.7. The minimum absolute atomic E-state index is 0.00532. The van der Waals surface area contributed by atoms with Crippen LogP contribution in [0.5, 0.6) is 11.8 Å². The van der Waals surface area contributed by atoms with E-state index in [0.29, 0.717) is 35.1 Å². The zero-order chi connectivity index (χ0) is 23.1. The Labute approximate surface area is 181 Å². The molecule has 172 valence electrons. The highest BCUT2D eigenvalue weighted by Gasteiger charge is 2.28. The van der Waals surface area contributed by atoms with Crippen molar-refractivity contribution in [3.05, 3.63) is 41.9 Å². The van der Waals surface area contributed by atoms with Crippen molar-refractivity contribution >= 4 is 16.8 Å². The first-order chi connectivity index (χ1) is 15.3. The van der Waals surface area contributed by atoms with Gasteiger partial charge in [-0.3, -0.25) is 14.5 Å². The molecule has 0 aliphatic rings. The number of ether oxygens (including phenoxy) is 2. The number of hydrogen-bond acceptors (Lipinski definition) is 7. The molecule has 2 N–H and O–H groups in total. The SMILES string of the molecule is COc1nc(OCC(F)(F)F)ccc1Cn1cc2c(CC(=O)NCCCO)nccc2n1. The highest BCUT2D eigenvalue weighted by Crippen LogP contribution is 2.24. The molecule has 9 nitrogen and oxygen atoms in total. The Hall–Kier alpha value is -3.41. The van der Waals surface area contributed by atoms with E-state index in [0.717, 1.165) is 0 Å². The number of pyridine rings is 2. The van der Waals surface area contributed by atoms with Crippen LogP contribution in [-0.4, -0.2) is 63.8 Å². The second kappa shape index (κ2) is 10.3. The number of nitrogens with zero attached hydrogens (tertiary/aromatic N) is 4. The Balaban J connectivity index is 1.75. The molecule has 3 aromatic heterocycles. The van der Waals surface area contributed by atoms with Gasteiger partial charge < -0.3 is 19.9 Å². The van der Waals surface area contributed by atoms with Crippen LogP contribution >= 0.6 is 0 Å². The van der Waals surface area contributed by atoms with Crippen LogP contribution in [0.3, 0.4) is 0 Å². The van der Waals surface area contributed by atoms with Gasteiger partial charge in [-0.15, -0.1) is 0 Å². The summed E-state index contributed by atoms with van der Waals surface area (Å²) in [6.45, 7) is -0.850. The van der Waals surface area contributed by atoms with Crippen LogP contribution in [0.4, 0.5) is 13.2 Å². The second-order valence-corrected chi connectivity index (χ2v) is 6.84. The number of amides is 1. The zero-order valence-corrected chi connectivity index (χ0v) is 17.2. The summed E-state index contributed by atoms with van der Waals surface area (Å²) in [5.41, 5.74) is 1.77. The number of aromatic nitrogens is 4. The lowest BCUT2D eigenvalue weighted by Gasteiger charge is -2.11. The molecule has 3 rings (SSSR count). The van der Waals surface area contributed by atoms with Gasteiger partial charge >= 0.3 is 6.18 Å². The quantitative estimate of drug-likeness (QED) is 0.451. The van der Waals surface area contributed by atoms with E-state index in [1.165, 1.54) is 13.2 Å². The number of aliphatic hydroxyl groups is 1. The van der Waals surface area contributed by atoms with Crippen LogP contribution in [-0.2, 0) is 17.8 Å². The molecule has 0 saturated heterocycles. The van der Waals surface area contributed by atoms with E-state index in [4.69, 9.17) is 9.84 Å². The van der Waals surface area contributed by atoms with E-state index in [2.05, 4.69) is 25.1 Å². The van der Waals surface area contributed by atoms with Gasteiger partial charge in [0, 0.05) is 42.6 Å². The fraction of sp³-hybridized carbons (Fsp3) is 0.400. The van der Waals surface area contributed by atoms with Gasteiger partial charge in [-0.05, 0) is 18.6 Å². The number of halogens is 3. The maximum Gasteiger partial charge on any atom is 0.422 e. The molecular formula is C20H22F3N5O4. The Bertz CT molecular complexity index is 1070. The number of carbonyl (C=O) groups excluding carboxylic acids is 1. The molecule has 0 atom stereocenters. The van der Waals surface area contributed by atoms with Gasteiger partial charge in [-0.25, -0.2) is 0 Å². The van der Waals surface area contributed by atoms with Gasteiger partial charge in [0.1, 0.15) is 0 Å². The predicted molar refractivity (Wildman–Crippen MR) is 107 cm³/mol. The summed E-state index contributed by atoms with van der Waals surface area (Å²) in [6.07, 6.45) is -0.650. The van der Waals surface area contributed by atoms with Gasteiger partial charge in [0.15, 0.2) is 6.61 Å². The molecule has 1 amide bonds. The Kier molecular flexibility index (Phi) is 7.46. The number of carbonyl (C=O) groups is 1. The number of hydrogen-bond donors (Lipinski definition) is 2. The molecule has 32 heavy (non-hydrogen) atoms. The third-order valence-electron chi connectivity index (χ3n) is 4.37. The number of aliphatic hydroxyl groups excluding tert-OH is 1. The maximum absolute atomic E-state index is 12.3. The normalized spacial score (nSPS) is 11.5. The van der Waals surface area contributed by atoms with Crippen LogP contribution in [0.2, 0.25) is 0 Å². The molecule has 0 bridgehead atoms. The van der Waals surface area contributed by atoms with Gasteiger partial charge in [-0.2, -0.15) is 23.3 Å². The third-order valence-corrected chi connectivity index (χ3v) is 4.37. The lowest BCUT2D eigenvalue weighted by atomic mass is 10.2. The molecule has 3 heterocycles.